The molecule has 0 aliphatic rings. The van der Waals surface area contributed by atoms with Crippen LogP contribution in [-0.4, -0.2) is 18.6 Å². The van der Waals surface area contributed by atoms with E-state index in [-0.39, 0.29) is 0 Å². The molecule has 3 N–H and O–H groups in total. The van der Waals surface area contributed by atoms with Crippen LogP contribution in [0.5, 0.6) is 5.75 Å². The van der Waals surface area contributed by atoms with Gasteiger partial charge >= 0.3 is 0 Å². The first-order valence-corrected chi connectivity index (χ1v) is 9.57. The average molecular weight is 452 g/mol. The van der Waals surface area contributed by atoms with Crippen LogP contribution in [-0.2, 0) is 6.42 Å². The highest BCUT2D eigenvalue weighted by Gasteiger charge is 2.17. The predicted octanol–water partition coefficient (Wildman–Crippen LogP) is 5.65. The Bertz CT molecular complexity index is 858. The first-order valence-electron chi connectivity index (χ1n) is 7.98. The third-order valence-electron chi connectivity index (χ3n) is 4.20. The molecule has 0 saturated heterocycles. The zero-order valence-corrected chi connectivity index (χ0v) is 16.7. The molecule has 0 aliphatic carbocycles. The lowest BCUT2D eigenvalue weighted by Crippen LogP contribution is -1.99. The van der Waals surface area contributed by atoms with Crippen LogP contribution in [0.25, 0.3) is 22.2 Å². The zero-order chi connectivity index (χ0) is 17.1. The Morgan fingerprint density at radius 2 is 1.96 bits per heavy atom. The second-order valence-corrected chi connectivity index (χ2v) is 7.50. The minimum absolute atomic E-state index is 0.724. The number of ether oxygens (including phenoxy) is 1. The molecule has 0 saturated carbocycles. The second-order valence-electron chi connectivity index (χ2n) is 5.73. The van der Waals surface area contributed by atoms with Gasteiger partial charge in [-0.1, -0.05) is 28.1 Å². The maximum absolute atomic E-state index is 5.68. The first-order chi connectivity index (χ1) is 11.7. The number of fused-ring (bicyclic) bond motifs is 1. The highest BCUT2D eigenvalue weighted by atomic mass is 79.9. The number of nitrogens with one attached hydrogen (secondary N) is 1. The van der Waals surface area contributed by atoms with Crippen LogP contribution in [0.3, 0.4) is 0 Å². The lowest BCUT2D eigenvalue weighted by molar-refractivity contribution is 0.416. The van der Waals surface area contributed by atoms with Gasteiger partial charge in [-0.3, -0.25) is 0 Å². The molecule has 0 atom stereocenters. The van der Waals surface area contributed by atoms with Crippen molar-refractivity contribution in [1.82, 2.24) is 4.98 Å². The number of unbranched alkanes of at least 4 members (excludes halogenated alkanes) is 1. The van der Waals surface area contributed by atoms with Crippen molar-refractivity contribution in [2.75, 3.05) is 13.7 Å². The number of H-pyrrole nitrogens is 1. The Hall–Kier alpha value is -1.30. The molecule has 2 aromatic carbocycles. The largest absolute Gasteiger partial charge is 0.496 e. The summed E-state index contributed by atoms with van der Waals surface area (Å²) in [5.74, 6) is 0.862. The van der Waals surface area contributed by atoms with Crippen molar-refractivity contribution in [2.24, 2.45) is 5.73 Å². The number of benzene rings is 2. The van der Waals surface area contributed by atoms with Gasteiger partial charge in [0.15, 0.2) is 0 Å². The number of para-hydroxylation sites is 1. The van der Waals surface area contributed by atoms with Gasteiger partial charge in [-0.25, -0.2) is 0 Å². The quantitative estimate of drug-likeness (QED) is 0.475. The van der Waals surface area contributed by atoms with E-state index in [4.69, 9.17) is 10.5 Å². The SMILES string of the molecule is COc1ccc(Br)cc1-c1[nH]c2c(Br)cccc2c1CCCCN. The number of nitrogens with two attached hydrogens (primary N) is 1. The van der Waals surface area contributed by atoms with Crippen molar-refractivity contribution in [3.63, 3.8) is 0 Å². The van der Waals surface area contributed by atoms with E-state index in [1.165, 1.54) is 10.9 Å². The summed E-state index contributed by atoms with van der Waals surface area (Å²) in [6, 6.07) is 12.4. The zero-order valence-electron chi connectivity index (χ0n) is 13.5. The number of aryl methyl sites for hydroxylation is 1. The molecule has 0 unspecified atom stereocenters. The van der Waals surface area contributed by atoms with E-state index in [0.29, 0.717) is 0 Å². The Kier molecular flexibility index (Phi) is 5.64. The highest BCUT2D eigenvalue weighted by molar-refractivity contribution is 9.11. The molecular formula is C19H20Br2N2O. The lowest BCUT2D eigenvalue weighted by atomic mass is 10.00. The molecule has 126 valence electrons. The fourth-order valence-electron chi connectivity index (χ4n) is 3.05. The number of hydrogen-bond acceptors (Lipinski definition) is 2. The topological polar surface area (TPSA) is 51.0 Å². The van der Waals surface area contributed by atoms with Crippen LogP contribution >= 0.6 is 31.9 Å². The van der Waals surface area contributed by atoms with Crippen molar-refractivity contribution in [3.05, 3.63) is 50.9 Å². The van der Waals surface area contributed by atoms with Crippen LogP contribution in [0, 0.1) is 0 Å². The Balaban J connectivity index is 2.21. The summed E-state index contributed by atoms with van der Waals surface area (Å²) < 4.78 is 7.69. The van der Waals surface area contributed by atoms with E-state index in [1.54, 1.807) is 7.11 Å². The third kappa shape index (κ3) is 3.39. The van der Waals surface area contributed by atoms with Gasteiger partial charge in [0.05, 0.1) is 18.3 Å². The van der Waals surface area contributed by atoms with Crippen LogP contribution in [0.2, 0.25) is 0 Å². The smallest absolute Gasteiger partial charge is 0.128 e. The Labute approximate surface area is 158 Å². The Morgan fingerprint density at radius 3 is 2.71 bits per heavy atom. The van der Waals surface area contributed by atoms with E-state index in [2.05, 4.69) is 61.1 Å². The monoisotopic (exact) mass is 450 g/mol. The molecule has 0 amide bonds. The lowest BCUT2D eigenvalue weighted by Gasteiger charge is -2.10. The summed E-state index contributed by atoms with van der Waals surface area (Å²) >= 11 is 7.23. The summed E-state index contributed by atoms with van der Waals surface area (Å²) in [4.78, 5) is 3.60. The van der Waals surface area contributed by atoms with Gasteiger partial charge in [0.1, 0.15) is 5.75 Å². The van der Waals surface area contributed by atoms with Crippen molar-refractivity contribution in [3.8, 4) is 17.0 Å². The van der Waals surface area contributed by atoms with Gasteiger partial charge in [-0.05, 0) is 71.6 Å². The number of hydrogen-bond donors (Lipinski definition) is 2. The summed E-state index contributed by atoms with van der Waals surface area (Å²) in [7, 11) is 1.71. The summed E-state index contributed by atoms with van der Waals surface area (Å²) in [5.41, 5.74) is 10.3. The van der Waals surface area contributed by atoms with Crippen molar-refractivity contribution < 1.29 is 4.74 Å². The summed E-state index contributed by atoms with van der Waals surface area (Å²) in [6.07, 6.45) is 3.08. The van der Waals surface area contributed by atoms with Crippen LogP contribution in [0.15, 0.2) is 45.3 Å². The van der Waals surface area contributed by atoms with Gasteiger partial charge in [0, 0.05) is 19.9 Å². The molecule has 24 heavy (non-hydrogen) atoms. The molecule has 0 aliphatic heterocycles. The molecule has 5 heteroatoms. The summed E-state index contributed by atoms with van der Waals surface area (Å²) in [6.45, 7) is 0.724. The van der Waals surface area contributed by atoms with Gasteiger partial charge in [-0.15, -0.1) is 0 Å². The number of aromatic nitrogens is 1. The number of methoxy groups -OCH3 is 1. The molecule has 1 heterocycles. The molecule has 3 nitrogen and oxygen atoms in total. The van der Waals surface area contributed by atoms with Crippen LogP contribution < -0.4 is 10.5 Å². The highest BCUT2D eigenvalue weighted by Crippen LogP contribution is 2.39. The predicted molar refractivity (Wildman–Crippen MR) is 108 cm³/mol. The van der Waals surface area contributed by atoms with Crippen LogP contribution in [0.1, 0.15) is 18.4 Å². The van der Waals surface area contributed by atoms with E-state index >= 15 is 0 Å². The summed E-state index contributed by atoms with van der Waals surface area (Å²) in [5, 5.41) is 1.25. The normalized spacial score (nSPS) is 11.2. The van der Waals surface area contributed by atoms with Crippen molar-refractivity contribution >= 4 is 42.8 Å². The van der Waals surface area contributed by atoms with Crippen molar-refractivity contribution in [2.45, 2.75) is 19.3 Å². The molecule has 0 spiro atoms. The number of aromatic amines is 1. The van der Waals surface area contributed by atoms with E-state index in [9.17, 15) is 0 Å². The molecule has 3 aromatic rings. The number of rotatable bonds is 6. The van der Waals surface area contributed by atoms with Gasteiger partial charge in [0.2, 0.25) is 0 Å². The van der Waals surface area contributed by atoms with Crippen molar-refractivity contribution in [1.29, 1.82) is 0 Å². The average Bonchev–Trinajstić information content (AvgIpc) is 2.95. The minimum atomic E-state index is 0.724. The number of halogens is 2. The molecule has 0 fully saturated rings. The van der Waals surface area contributed by atoms with Crippen LogP contribution in [0.4, 0.5) is 0 Å². The molecule has 3 rings (SSSR count). The molecule has 1 aromatic heterocycles. The molecule has 0 radical (unpaired) electrons. The Morgan fingerprint density at radius 1 is 1.12 bits per heavy atom. The van der Waals surface area contributed by atoms with Gasteiger partial charge in [-0.2, -0.15) is 0 Å². The van der Waals surface area contributed by atoms with E-state index in [1.807, 2.05) is 12.1 Å². The molecule has 0 bridgehead atoms. The molecular weight excluding hydrogens is 432 g/mol. The fourth-order valence-corrected chi connectivity index (χ4v) is 3.88. The van der Waals surface area contributed by atoms with Gasteiger partial charge < -0.3 is 15.5 Å². The van der Waals surface area contributed by atoms with E-state index in [0.717, 1.165) is 57.3 Å². The first kappa shape index (κ1) is 17.5. The maximum atomic E-state index is 5.68. The standard InChI is InChI=1S/C19H20Br2N2O/c1-24-17-9-8-12(20)11-15(17)18-13(5-2-3-10-22)14-6-4-7-16(21)19(14)23-18/h4,6-9,11,23H,2-3,5,10,22H2,1H3. The fraction of sp³-hybridized carbons (Fsp3) is 0.263. The minimum Gasteiger partial charge on any atom is -0.496 e. The maximum Gasteiger partial charge on any atom is 0.128 e. The van der Waals surface area contributed by atoms with Gasteiger partial charge in [0.25, 0.3) is 0 Å². The third-order valence-corrected chi connectivity index (χ3v) is 5.36. The second kappa shape index (κ2) is 7.72. The van der Waals surface area contributed by atoms with E-state index < -0.39 is 0 Å².